The molecule has 0 N–H and O–H groups in total. The van der Waals surface area contributed by atoms with Crippen LogP contribution in [0.4, 0.5) is 0 Å². The van der Waals surface area contributed by atoms with Gasteiger partial charge in [0.25, 0.3) is 0 Å². The van der Waals surface area contributed by atoms with Crippen LogP contribution >= 0.6 is 0 Å². The van der Waals surface area contributed by atoms with Gasteiger partial charge in [0, 0.05) is 31.4 Å². The van der Waals surface area contributed by atoms with Gasteiger partial charge in [0.1, 0.15) is 5.75 Å². The van der Waals surface area contributed by atoms with Crippen LogP contribution in [0.5, 0.6) is 5.75 Å². The van der Waals surface area contributed by atoms with Crippen molar-refractivity contribution in [3.8, 4) is 5.75 Å². The second-order valence-electron chi connectivity index (χ2n) is 8.99. The molecular weight excluding hydrogens is 384 g/mol. The molecule has 1 aromatic heterocycles. The second-order valence-corrected chi connectivity index (χ2v) is 8.99. The number of aromatic nitrogens is 1. The summed E-state index contributed by atoms with van der Waals surface area (Å²) in [5.74, 6) is 2.00. The van der Waals surface area contributed by atoms with E-state index < -0.39 is 0 Å². The van der Waals surface area contributed by atoms with Crippen LogP contribution in [0.2, 0.25) is 0 Å². The molecule has 1 aromatic carbocycles. The zero-order chi connectivity index (χ0) is 21.3. The number of allylic oxidation sites excluding steroid dienone is 2. The highest BCUT2D eigenvalue weighted by atomic mass is 16.5. The molecule has 1 amide bonds. The molecule has 0 saturated heterocycles. The topological polar surface area (TPSA) is 42.4 Å². The van der Waals surface area contributed by atoms with E-state index in [9.17, 15) is 4.79 Å². The first-order valence-corrected chi connectivity index (χ1v) is 11.8. The Kier molecular flexibility index (Phi) is 7.76. The van der Waals surface area contributed by atoms with Gasteiger partial charge in [-0.1, -0.05) is 43.5 Å². The van der Waals surface area contributed by atoms with Gasteiger partial charge in [-0.2, -0.15) is 0 Å². The van der Waals surface area contributed by atoms with Gasteiger partial charge in [-0.25, -0.2) is 0 Å². The number of rotatable bonds is 8. The van der Waals surface area contributed by atoms with Gasteiger partial charge in [-0.05, 0) is 73.4 Å². The standard InChI is InChI=1S/C27H34N2O2/c30-27(25-9-5-2-6-10-25)29(20-23-15-17-28-18-16-23)19-22-11-13-26(14-12-22)31-21-24-7-3-1-4-8-24/h1,3,11-18,24-25H,2,4-10,19-21H2/t24-/m1/s1. The number of benzene rings is 1. The SMILES string of the molecule is O=C(C1CCCCC1)N(Cc1ccncc1)Cc1ccc(OC[C@@H]2CC=CCC2)cc1. The molecule has 0 spiro atoms. The van der Waals surface area contributed by atoms with Gasteiger partial charge in [-0.3, -0.25) is 9.78 Å². The van der Waals surface area contributed by atoms with Crippen LogP contribution < -0.4 is 4.74 Å². The van der Waals surface area contributed by atoms with Crippen molar-refractivity contribution in [2.24, 2.45) is 11.8 Å². The largest absolute Gasteiger partial charge is 0.493 e. The lowest BCUT2D eigenvalue weighted by atomic mass is 9.88. The molecule has 4 nitrogen and oxygen atoms in total. The highest BCUT2D eigenvalue weighted by Crippen LogP contribution is 2.27. The lowest BCUT2D eigenvalue weighted by Crippen LogP contribution is -2.36. The van der Waals surface area contributed by atoms with E-state index in [1.54, 1.807) is 12.4 Å². The first-order valence-electron chi connectivity index (χ1n) is 11.8. The van der Waals surface area contributed by atoms with Crippen molar-refractivity contribution in [2.45, 2.75) is 64.5 Å². The summed E-state index contributed by atoms with van der Waals surface area (Å²) in [4.78, 5) is 19.5. The number of ether oxygens (including phenoxy) is 1. The van der Waals surface area contributed by atoms with Gasteiger partial charge >= 0.3 is 0 Å². The third kappa shape index (κ3) is 6.43. The molecule has 164 valence electrons. The van der Waals surface area contributed by atoms with Crippen molar-refractivity contribution < 1.29 is 9.53 Å². The Hall–Kier alpha value is -2.62. The minimum Gasteiger partial charge on any atom is -0.493 e. The summed E-state index contributed by atoms with van der Waals surface area (Å²) in [6.07, 6.45) is 17.3. The molecule has 1 atom stereocenters. The zero-order valence-electron chi connectivity index (χ0n) is 18.4. The molecule has 31 heavy (non-hydrogen) atoms. The van der Waals surface area contributed by atoms with Gasteiger partial charge in [0.05, 0.1) is 6.61 Å². The van der Waals surface area contributed by atoms with E-state index in [2.05, 4.69) is 29.3 Å². The number of hydrogen-bond acceptors (Lipinski definition) is 3. The van der Waals surface area contributed by atoms with Crippen LogP contribution in [0.3, 0.4) is 0 Å². The van der Waals surface area contributed by atoms with E-state index in [4.69, 9.17) is 4.74 Å². The van der Waals surface area contributed by atoms with Gasteiger partial charge < -0.3 is 9.64 Å². The van der Waals surface area contributed by atoms with Crippen LogP contribution in [0.25, 0.3) is 0 Å². The Morgan fingerprint density at radius 2 is 1.61 bits per heavy atom. The maximum atomic E-state index is 13.3. The lowest BCUT2D eigenvalue weighted by Gasteiger charge is -2.29. The van der Waals surface area contributed by atoms with E-state index in [1.807, 2.05) is 29.2 Å². The molecule has 0 aliphatic heterocycles. The Bertz CT molecular complexity index is 841. The fourth-order valence-corrected chi connectivity index (χ4v) is 4.66. The quantitative estimate of drug-likeness (QED) is 0.499. The normalized spacial score (nSPS) is 19.2. The van der Waals surface area contributed by atoms with Crippen LogP contribution in [0.15, 0.2) is 60.9 Å². The molecule has 2 aromatic rings. The van der Waals surface area contributed by atoms with Crippen molar-refractivity contribution in [1.82, 2.24) is 9.88 Å². The van der Waals surface area contributed by atoms with Crippen LogP contribution in [-0.4, -0.2) is 22.4 Å². The molecule has 0 radical (unpaired) electrons. The predicted octanol–water partition coefficient (Wildman–Crippen LogP) is 5.93. The molecule has 0 bridgehead atoms. The average molecular weight is 419 g/mol. The van der Waals surface area contributed by atoms with Crippen molar-refractivity contribution >= 4 is 5.91 Å². The minimum absolute atomic E-state index is 0.169. The van der Waals surface area contributed by atoms with E-state index >= 15 is 0 Å². The number of pyridine rings is 1. The molecule has 2 aliphatic carbocycles. The van der Waals surface area contributed by atoms with Crippen molar-refractivity contribution in [3.63, 3.8) is 0 Å². The van der Waals surface area contributed by atoms with Crippen LogP contribution in [0.1, 0.15) is 62.5 Å². The number of carbonyl (C=O) groups excluding carboxylic acids is 1. The third-order valence-corrected chi connectivity index (χ3v) is 6.55. The predicted molar refractivity (Wildman–Crippen MR) is 123 cm³/mol. The smallest absolute Gasteiger partial charge is 0.226 e. The molecule has 0 unspecified atom stereocenters. The summed E-state index contributed by atoms with van der Waals surface area (Å²) in [5.41, 5.74) is 2.27. The Balaban J connectivity index is 1.39. The molecule has 4 rings (SSSR count). The molecule has 1 heterocycles. The van der Waals surface area contributed by atoms with Crippen LogP contribution in [-0.2, 0) is 17.9 Å². The zero-order valence-corrected chi connectivity index (χ0v) is 18.4. The second kappa shape index (κ2) is 11.1. The van der Waals surface area contributed by atoms with Gasteiger partial charge in [0.2, 0.25) is 5.91 Å². The van der Waals surface area contributed by atoms with E-state index in [-0.39, 0.29) is 5.92 Å². The Morgan fingerprint density at radius 3 is 2.29 bits per heavy atom. The number of carbonyl (C=O) groups is 1. The van der Waals surface area contributed by atoms with Crippen molar-refractivity contribution in [3.05, 3.63) is 72.1 Å². The molecule has 4 heteroatoms. The summed E-state index contributed by atoms with van der Waals surface area (Å²) in [7, 11) is 0. The van der Waals surface area contributed by atoms with Crippen molar-refractivity contribution in [1.29, 1.82) is 0 Å². The van der Waals surface area contributed by atoms with E-state index in [1.165, 1.54) is 25.7 Å². The maximum absolute atomic E-state index is 13.3. The fraction of sp³-hybridized carbons (Fsp3) is 0.481. The number of amides is 1. The van der Waals surface area contributed by atoms with E-state index in [0.29, 0.717) is 24.9 Å². The third-order valence-electron chi connectivity index (χ3n) is 6.55. The fourth-order valence-electron chi connectivity index (χ4n) is 4.66. The summed E-state index contributed by atoms with van der Waals surface area (Å²) < 4.78 is 6.02. The minimum atomic E-state index is 0.169. The highest BCUT2D eigenvalue weighted by molar-refractivity contribution is 5.79. The highest BCUT2D eigenvalue weighted by Gasteiger charge is 2.26. The summed E-state index contributed by atoms with van der Waals surface area (Å²) in [5, 5.41) is 0. The first kappa shape index (κ1) is 21.6. The van der Waals surface area contributed by atoms with Gasteiger partial charge in [-0.15, -0.1) is 0 Å². The van der Waals surface area contributed by atoms with Crippen LogP contribution in [0, 0.1) is 11.8 Å². The summed E-state index contributed by atoms with van der Waals surface area (Å²) in [6, 6.07) is 12.3. The molecule has 1 fully saturated rings. The van der Waals surface area contributed by atoms with E-state index in [0.717, 1.165) is 49.2 Å². The molecule has 2 aliphatic rings. The summed E-state index contributed by atoms with van der Waals surface area (Å²) in [6.45, 7) is 2.04. The van der Waals surface area contributed by atoms with Crippen molar-refractivity contribution in [2.75, 3.05) is 6.61 Å². The lowest BCUT2D eigenvalue weighted by molar-refractivity contribution is -0.137. The first-order chi connectivity index (χ1) is 15.3. The molecular formula is C27H34N2O2. The Morgan fingerprint density at radius 1 is 0.903 bits per heavy atom. The monoisotopic (exact) mass is 418 g/mol. The average Bonchev–Trinajstić information content (AvgIpc) is 2.84. The maximum Gasteiger partial charge on any atom is 0.226 e. The Labute approximate surface area is 186 Å². The molecule has 1 saturated carbocycles. The van der Waals surface area contributed by atoms with Gasteiger partial charge in [0.15, 0.2) is 0 Å². The number of hydrogen-bond donors (Lipinski definition) is 0. The summed E-state index contributed by atoms with van der Waals surface area (Å²) >= 11 is 0. The number of nitrogens with zero attached hydrogens (tertiary/aromatic N) is 2.